The monoisotopic (exact) mass is 232 g/mol. The van der Waals surface area contributed by atoms with Crippen LogP contribution < -0.4 is 15.0 Å². The lowest BCUT2D eigenvalue weighted by Crippen LogP contribution is -2.49. The lowest BCUT2D eigenvalue weighted by atomic mass is 10.0. The number of ether oxygens (including phenoxy) is 1. The van der Waals surface area contributed by atoms with Gasteiger partial charge in [0.15, 0.2) is 0 Å². The van der Waals surface area contributed by atoms with E-state index in [9.17, 15) is 0 Å². The first-order valence-electron chi connectivity index (χ1n) is 6.57. The van der Waals surface area contributed by atoms with Crippen molar-refractivity contribution in [2.24, 2.45) is 0 Å². The van der Waals surface area contributed by atoms with Crippen LogP contribution in [0.2, 0.25) is 0 Å². The Kier molecular flexibility index (Phi) is 2.93. The largest absolute Gasteiger partial charge is 0.491 e. The van der Waals surface area contributed by atoms with Crippen molar-refractivity contribution in [1.82, 2.24) is 5.32 Å². The molecule has 0 unspecified atom stereocenters. The van der Waals surface area contributed by atoms with Crippen LogP contribution in [0.3, 0.4) is 0 Å². The number of anilines is 1. The molecule has 1 N–H and O–H groups in total. The molecular formula is C14H20N2O. The number of hydrogen-bond donors (Lipinski definition) is 1. The average Bonchev–Trinajstić information content (AvgIpc) is 2.38. The molecule has 0 spiro atoms. The van der Waals surface area contributed by atoms with Crippen LogP contribution in [-0.2, 0) is 6.42 Å². The molecule has 0 radical (unpaired) electrons. The molecule has 3 nitrogen and oxygen atoms in total. The van der Waals surface area contributed by atoms with Gasteiger partial charge in [0.2, 0.25) is 0 Å². The Morgan fingerprint density at radius 2 is 2.35 bits per heavy atom. The van der Waals surface area contributed by atoms with Crippen LogP contribution >= 0.6 is 0 Å². The Labute approximate surface area is 103 Å². The summed E-state index contributed by atoms with van der Waals surface area (Å²) in [7, 11) is 0. The molecule has 2 aliphatic rings. The molecule has 1 saturated heterocycles. The Bertz CT molecular complexity index is 405. The molecule has 92 valence electrons. The minimum atomic E-state index is 0.559. The zero-order valence-electron chi connectivity index (χ0n) is 10.4. The first-order chi connectivity index (χ1) is 8.34. The molecule has 2 aliphatic heterocycles. The van der Waals surface area contributed by atoms with Gasteiger partial charge in [-0.1, -0.05) is 12.1 Å². The summed E-state index contributed by atoms with van der Waals surface area (Å²) < 4.78 is 5.88. The molecule has 0 amide bonds. The SMILES string of the molecule is C[C@@H]1CN(c2cccc3c2OCCC3)CCN1. The molecule has 0 saturated carbocycles. The number of nitrogens with zero attached hydrogens (tertiary/aromatic N) is 1. The van der Waals surface area contributed by atoms with Crippen LogP contribution in [0.1, 0.15) is 18.9 Å². The highest BCUT2D eigenvalue weighted by molar-refractivity contribution is 5.63. The number of nitrogens with one attached hydrogen (secondary N) is 1. The highest BCUT2D eigenvalue weighted by Crippen LogP contribution is 2.35. The predicted octanol–water partition coefficient (Wildman–Crippen LogP) is 1.81. The minimum Gasteiger partial charge on any atom is -0.491 e. The summed E-state index contributed by atoms with van der Waals surface area (Å²) in [5.74, 6) is 1.13. The lowest BCUT2D eigenvalue weighted by molar-refractivity contribution is 0.288. The van der Waals surface area contributed by atoms with Gasteiger partial charge < -0.3 is 15.0 Å². The first kappa shape index (κ1) is 10.9. The fourth-order valence-electron chi connectivity index (χ4n) is 2.77. The summed E-state index contributed by atoms with van der Waals surface area (Å²) in [6, 6.07) is 7.12. The molecule has 1 atom stereocenters. The van der Waals surface area contributed by atoms with E-state index in [0.29, 0.717) is 6.04 Å². The fraction of sp³-hybridized carbons (Fsp3) is 0.571. The van der Waals surface area contributed by atoms with Gasteiger partial charge >= 0.3 is 0 Å². The second-order valence-electron chi connectivity index (χ2n) is 5.02. The maximum atomic E-state index is 5.88. The summed E-state index contributed by atoms with van der Waals surface area (Å²) in [4.78, 5) is 2.45. The Balaban J connectivity index is 1.91. The number of para-hydroxylation sites is 1. The van der Waals surface area contributed by atoms with E-state index in [-0.39, 0.29) is 0 Å². The van der Waals surface area contributed by atoms with Gasteiger partial charge in [0.25, 0.3) is 0 Å². The second kappa shape index (κ2) is 4.57. The van der Waals surface area contributed by atoms with Gasteiger partial charge in [0.1, 0.15) is 5.75 Å². The normalized spacial score (nSPS) is 24.1. The van der Waals surface area contributed by atoms with Crippen molar-refractivity contribution < 1.29 is 4.74 Å². The van der Waals surface area contributed by atoms with E-state index >= 15 is 0 Å². The van der Waals surface area contributed by atoms with Crippen LogP contribution in [0.5, 0.6) is 5.75 Å². The zero-order chi connectivity index (χ0) is 11.7. The van der Waals surface area contributed by atoms with Gasteiger partial charge in [-0.15, -0.1) is 0 Å². The summed E-state index contributed by atoms with van der Waals surface area (Å²) in [6.45, 7) is 6.31. The second-order valence-corrected chi connectivity index (χ2v) is 5.02. The maximum absolute atomic E-state index is 5.88. The van der Waals surface area contributed by atoms with Gasteiger partial charge in [-0.05, 0) is 31.4 Å². The van der Waals surface area contributed by atoms with Crippen LogP contribution in [-0.4, -0.2) is 32.3 Å². The zero-order valence-corrected chi connectivity index (χ0v) is 10.4. The number of benzene rings is 1. The summed E-state index contributed by atoms with van der Waals surface area (Å²) in [5.41, 5.74) is 2.66. The van der Waals surface area contributed by atoms with E-state index in [1.54, 1.807) is 0 Å². The van der Waals surface area contributed by atoms with Crippen molar-refractivity contribution in [3.05, 3.63) is 23.8 Å². The number of hydrogen-bond acceptors (Lipinski definition) is 3. The summed E-state index contributed by atoms with van der Waals surface area (Å²) >= 11 is 0. The number of rotatable bonds is 1. The van der Waals surface area contributed by atoms with Gasteiger partial charge in [-0.3, -0.25) is 0 Å². The van der Waals surface area contributed by atoms with Crippen LogP contribution in [0.25, 0.3) is 0 Å². The van der Waals surface area contributed by atoms with Crippen LogP contribution in [0.4, 0.5) is 5.69 Å². The van der Waals surface area contributed by atoms with Crippen LogP contribution in [0, 0.1) is 0 Å². The molecule has 17 heavy (non-hydrogen) atoms. The summed E-state index contributed by atoms with van der Waals surface area (Å²) in [5, 5.41) is 3.48. The van der Waals surface area contributed by atoms with Crippen molar-refractivity contribution in [1.29, 1.82) is 0 Å². The van der Waals surface area contributed by atoms with Gasteiger partial charge in [-0.2, -0.15) is 0 Å². The number of aryl methyl sites for hydroxylation is 1. The average molecular weight is 232 g/mol. The molecule has 1 aromatic carbocycles. The van der Waals surface area contributed by atoms with E-state index in [4.69, 9.17) is 4.74 Å². The molecule has 0 aliphatic carbocycles. The maximum Gasteiger partial charge on any atom is 0.145 e. The molecule has 3 heteroatoms. The molecule has 3 rings (SSSR count). The third-order valence-corrected chi connectivity index (χ3v) is 3.62. The standard InChI is InChI=1S/C14H20N2O/c1-11-10-16(8-7-15-11)13-6-2-4-12-5-3-9-17-14(12)13/h2,4,6,11,15H,3,5,7-10H2,1H3/t11-/m1/s1. The topological polar surface area (TPSA) is 24.5 Å². The van der Waals surface area contributed by atoms with Crippen molar-refractivity contribution in [2.45, 2.75) is 25.8 Å². The molecule has 1 fully saturated rings. The molecule has 2 heterocycles. The number of piperazine rings is 1. The summed E-state index contributed by atoms with van der Waals surface area (Å²) in [6.07, 6.45) is 2.30. The third kappa shape index (κ3) is 2.12. The Hall–Kier alpha value is -1.22. The minimum absolute atomic E-state index is 0.559. The first-order valence-corrected chi connectivity index (χ1v) is 6.57. The Morgan fingerprint density at radius 3 is 3.24 bits per heavy atom. The van der Waals surface area contributed by atoms with Crippen LogP contribution in [0.15, 0.2) is 18.2 Å². The molecule has 0 aromatic heterocycles. The van der Waals surface area contributed by atoms with Crippen molar-refractivity contribution >= 4 is 5.69 Å². The van der Waals surface area contributed by atoms with Crippen molar-refractivity contribution in [3.8, 4) is 5.75 Å². The molecule has 1 aromatic rings. The predicted molar refractivity (Wildman–Crippen MR) is 69.9 cm³/mol. The highest BCUT2D eigenvalue weighted by atomic mass is 16.5. The van der Waals surface area contributed by atoms with E-state index < -0.39 is 0 Å². The van der Waals surface area contributed by atoms with Gasteiger partial charge in [0.05, 0.1) is 12.3 Å². The molecular weight excluding hydrogens is 212 g/mol. The third-order valence-electron chi connectivity index (χ3n) is 3.62. The number of fused-ring (bicyclic) bond motifs is 1. The van der Waals surface area contributed by atoms with Crippen molar-refractivity contribution in [2.75, 3.05) is 31.1 Å². The van der Waals surface area contributed by atoms with E-state index in [1.807, 2.05) is 0 Å². The smallest absolute Gasteiger partial charge is 0.145 e. The Morgan fingerprint density at radius 1 is 1.41 bits per heavy atom. The van der Waals surface area contributed by atoms with E-state index in [0.717, 1.165) is 44.8 Å². The lowest BCUT2D eigenvalue weighted by Gasteiger charge is -2.35. The fourth-order valence-corrected chi connectivity index (χ4v) is 2.77. The van der Waals surface area contributed by atoms with Gasteiger partial charge in [0, 0.05) is 25.7 Å². The van der Waals surface area contributed by atoms with E-state index in [1.165, 1.54) is 11.3 Å². The highest BCUT2D eigenvalue weighted by Gasteiger charge is 2.22. The van der Waals surface area contributed by atoms with Crippen molar-refractivity contribution in [3.63, 3.8) is 0 Å². The van der Waals surface area contributed by atoms with E-state index in [2.05, 4.69) is 35.3 Å². The molecule has 0 bridgehead atoms. The van der Waals surface area contributed by atoms with Gasteiger partial charge in [-0.25, -0.2) is 0 Å². The quantitative estimate of drug-likeness (QED) is 0.799.